The molecule has 0 aromatic carbocycles. The molecule has 2 N–H and O–H groups in total. The number of rotatable bonds is 2. The van der Waals surface area contributed by atoms with Crippen LogP contribution in [0.1, 0.15) is 6.92 Å². The number of nitrogens with one attached hydrogen (secondary N) is 1. The molecule has 0 aliphatic rings. The minimum absolute atomic E-state index is 0. The van der Waals surface area contributed by atoms with Crippen LogP contribution >= 0.6 is 0 Å². The van der Waals surface area contributed by atoms with E-state index in [1.165, 1.54) is 6.92 Å². The first kappa shape index (κ1) is 12.3. The first-order valence-corrected chi connectivity index (χ1v) is 2.09. The van der Waals surface area contributed by atoms with Gasteiger partial charge in [-0.25, -0.2) is 0 Å². The van der Waals surface area contributed by atoms with Crippen LogP contribution in [-0.2, 0) is 9.59 Å². The summed E-state index contributed by atoms with van der Waals surface area (Å²) in [5.74, 6) is -1.35. The van der Waals surface area contributed by atoms with Gasteiger partial charge in [0, 0.05) is 6.92 Å². The van der Waals surface area contributed by atoms with E-state index >= 15 is 0 Å². The van der Waals surface area contributed by atoms with Gasteiger partial charge in [-0.2, -0.15) is 0 Å². The van der Waals surface area contributed by atoms with Crippen LogP contribution in [0.5, 0.6) is 0 Å². The number of aliphatic carboxylic acids is 1. The molecule has 48 valence electrons. The number of carbonyl (C=O) groups is 2. The van der Waals surface area contributed by atoms with Crippen molar-refractivity contribution < 1.29 is 14.7 Å². The maximum atomic E-state index is 9.97. The van der Waals surface area contributed by atoms with Gasteiger partial charge in [-0.1, -0.05) is 0 Å². The van der Waals surface area contributed by atoms with Gasteiger partial charge in [-0.05, 0) is 0 Å². The van der Waals surface area contributed by atoms with Gasteiger partial charge in [0.1, 0.15) is 6.54 Å². The summed E-state index contributed by atoms with van der Waals surface area (Å²) in [6, 6.07) is 0. The molecule has 4 nitrogen and oxygen atoms in total. The molecule has 0 fully saturated rings. The minimum atomic E-state index is -1.03. The van der Waals surface area contributed by atoms with Gasteiger partial charge in [0.2, 0.25) is 5.91 Å². The summed E-state index contributed by atoms with van der Waals surface area (Å²) < 4.78 is 0. The predicted octanol–water partition coefficient (Wildman–Crippen LogP) is -1.44. The fourth-order valence-electron chi connectivity index (χ4n) is 0.200. The van der Waals surface area contributed by atoms with E-state index in [0.717, 1.165) is 0 Å². The van der Waals surface area contributed by atoms with Crippen LogP contribution in [0.3, 0.4) is 0 Å². The molecule has 9 heavy (non-hydrogen) atoms. The van der Waals surface area contributed by atoms with Gasteiger partial charge in [0.15, 0.2) is 0 Å². The van der Waals surface area contributed by atoms with E-state index in [2.05, 4.69) is 5.32 Å². The quantitative estimate of drug-likeness (QED) is 0.482. The second-order valence-electron chi connectivity index (χ2n) is 1.30. The number of hydrogen-bond acceptors (Lipinski definition) is 2. The molecule has 0 unspecified atom stereocenters. The topological polar surface area (TPSA) is 66.4 Å². The van der Waals surface area contributed by atoms with E-state index in [1.54, 1.807) is 0 Å². The molecule has 0 saturated heterocycles. The van der Waals surface area contributed by atoms with Crippen LogP contribution in [0.15, 0.2) is 0 Å². The van der Waals surface area contributed by atoms with Crippen molar-refractivity contribution in [1.82, 2.24) is 5.32 Å². The molecule has 1 amide bonds. The van der Waals surface area contributed by atoms with Gasteiger partial charge in [-0.15, -0.1) is 0 Å². The Morgan fingerprint density at radius 1 is 1.56 bits per heavy atom. The van der Waals surface area contributed by atoms with Gasteiger partial charge in [-0.3, -0.25) is 9.59 Å². The summed E-state index contributed by atoms with van der Waals surface area (Å²) in [7, 11) is 0. The van der Waals surface area contributed by atoms with Crippen LogP contribution < -0.4 is 5.32 Å². The van der Waals surface area contributed by atoms with Crippen LogP contribution in [-0.4, -0.2) is 74.9 Å². The molecule has 0 aromatic heterocycles. The van der Waals surface area contributed by atoms with Gasteiger partial charge in [0.25, 0.3) is 0 Å². The summed E-state index contributed by atoms with van der Waals surface area (Å²) >= 11 is 0. The van der Waals surface area contributed by atoms with Crippen LogP contribution in [0, 0.1) is 0 Å². The molecule has 0 heterocycles. The van der Waals surface area contributed by atoms with Crippen molar-refractivity contribution in [1.29, 1.82) is 0 Å². The van der Waals surface area contributed by atoms with Crippen molar-refractivity contribution in [3.05, 3.63) is 0 Å². The summed E-state index contributed by atoms with van der Waals surface area (Å²) in [5.41, 5.74) is 0. The summed E-state index contributed by atoms with van der Waals surface area (Å²) in [6.07, 6.45) is 0. The Balaban J connectivity index is 0. The van der Waals surface area contributed by atoms with E-state index in [-0.39, 0.29) is 63.8 Å². The fourth-order valence-corrected chi connectivity index (χ4v) is 0.200. The molecule has 0 bridgehead atoms. The number of amides is 1. The summed E-state index contributed by atoms with van der Waals surface area (Å²) in [6.45, 7) is 0.971. The van der Waals surface area contributed by atoms with E-state index < -0.39 is 5.97 Å². The van der Waals surface area contributed by atoms with Crippen molar-refractivity contribution in [2.45, 2.75) is 6.92 Å². The second-order valence-corrected chi connectivity index (χ2v) is 1.30. The van der Waals surface area contributed by atoms with Crippen molar-refractivity contribution in [3.63, 3.8) is 0 Å². The Labute approximate surface area is 95.4 Å². The van der Waals surface area contributed by atoms with Crippen LogP contribution in [0.4, 0.5) is 0 Å². The first-order valence-electron chi connectivity index (χ1n) is 2.09. The zero-order chi connectivity index (χ0) is 6.57. The third-order valence-corrected chi connectivity index (χ3v) is 0.489. The Morgan fingerprint density at radius 3 is 2.11 bits per heavy atom. The zero-order valence-electron chi connectivity index (χ0n) is 4.47. The third-order valence-electron chi connectivity index (χ3n) is 0.489. The Kier molecular flexibility index (Phi) is 9.13. The second kappa shape index (κ2) is 6.69. The molecule has 0 spiro atoms. The molecular weight excluding hydrogens is 149 g/mol. The van der Waals surface area contributed by atoms with Crippen molar-refractivity contribution in [2.24, 2.45) is 0 Å². The number of hydrogen-bond donors (Lipinski definition) is 2. The average molecular weight is 157 g/mol. The van der Waals surface area contributed by atoms with E-state index in [0.29, 0.717) is 0 Å². The predicted molar refractivity (Wildman–Crippen MR) is 33.5 cm³/mol. The van der Waals surface area contributed by atoms with E-state index in [1.807, 2.05) is 0 Å². The van der Waals surface area contributed by atoms with Crippen molar-refractivity contribution >= 4 is 63.3 Å². The Bertz CT molecular complexity index is 100. The molecule has 0 aliphatic carbocycles. The molecule has 0 aromatic rings. The number of carboxylic acids is 1. The Morgan fingerprint density at radius 2 is 2.00 bits per heavy atom. The van der Waals surface area contributed by atoms with Crippen LogP contribution in [0.2, 0.25) is 0 Å². The van der Waals surface area contributed by atoms with Crippen molar-refractivity contribution in [2.75, 3.05) is 6.54 Å². The summed E-state index contributed by atoms with van der Waals surface area (Å²) in [5, 5.41) is 10.1. The molecule has 0 aliphatic heterocycles. The standard InChI is InChI=1S/C4H7NO3.K.H/c1-3(6)5-2-4(7)8;;/h2H2,1H3,(H,5,6)(H,7,8);;. The molecule has 5 heteroatoms. The van der Waals surface area contributed by atoms with Crippen LogP contribution in [0.25, 0.3) is 0 Å². The third kappa shape index (κ3) is 11.9. The normalized spacial score (nSPS) is 7.22. The number of carboxylic acid groups (broad SMARTS) is 1. The first-order chi connectivity index (χ1) is 3.63. The molecule has 0 rings (SSSR count). The van der Waals surface area contributed by atoms with Gasteiger partial charge >= 0.3 is 57.4 Å². The number of carbonyl (C=O) groups excluding carboxylic acids is 1. The fraction of sp³-hybridized carbons (Fsp3) is 0.500. The monoisotopic (exact) mass is 157 g/mol. The molecular formula is C4H8KNO3. The van der Waals surface area contributed by atoms with E-state index in [4.69, 9.17) is 5.11 Å². The molecule has 0 radical (unpaired) electrons. The Hall–Kier alpha value is 0.576. The SMILES string of the molecule is CC(=O)NCC(=O)O.[KH]. The average Bonchev–Trinajstić information content (AvgIpc) is 1.61. The van der Waals surface area contributed by atoms with Gasteiger partial charge in [0.05, 0.1) is 0 Å². The molecule has 0 saturated carbocycles. The van der Waals surface area contributed by atoms with Gasteiger partial charge < -0.3 is 10.4 Å². The summed E-state index contributed by atoms with van der Waals surface area (Å²) in [4.78, 5) is 19.7. The zero-order valence-corrected chi connectivity index (χ0v) is 4.47. The van der Waals surface area contributed by atoms with E-state index in [9.17, 15) is 9.59 Å². The van der Waals surface area contributed by atoms with Crippen molar-refractivity contribution in [3.8, 4) is 0 Å². The maximum absolute atomic E-state index is 9.97. The molecule has 0 atom stereocenters.